The molecule has 2 unspecified atom stereocenters. The molecule has 5 nitrogen and oxygen atoms in total. The average molecular weight is 272 g/mol. The first-order chi connectivity index (χ1) is 9.13. The highest BCUT2D eigenvalue weighted by Crippen LogP contribution is 2.20. The first-order valence-electron chi connectivity index (χ1n) is 7.31. The number of carbonyl (C=O) groups excluding carboxylic acids is 1. The number of rotatable bonds is 7. The lowest BCUT2D eigenvalue weighted by atomic mass is 10.0. The van der Waals surface area contributed by atoms with Crippen LogP contribution in [0, 0.1) is 0 Å². The summed E-state index contributed by atoms with van der Waals surface area (Å²) in [4.78, 5) is 14.1. The molecule has 1 rings (SSSR count). The topological polar surface area (TPSA) is 61.8 Å². The number of carbonyl (C=O) groups is 1. The number of aliphatic hydroxyl groups excluding tert-OH is 1. The van der Waals surface area contributed by atoms with Crippen molar-refractivity contribution in [3.8, 4) is 0 Å². The van der Waals surface area contributed by atoms with Crippen molar-refractivity contribution < 1.29 is 14.6 Å². The van der Waals surface area contributed by atoms with Crippen LogP contribution in [0.3, 0.4) is 0 Å². The fourth-order valence-corrected chi connectivity index (χ4v) is 2.64. The van der Waals surface area contributed by atoms with Gasteiger partial charge in [0, 0.05) is 19.7 Å². The Kier molecular flexibility index (Phi) is 8.02. The van der Waals surface area contributed by atoms with E-state index in [-0.39, 0.29) is 12.0 Å². The van der Waals surface area contributed by atoms with E-state index < -0.39 is 0 Å². The normalized spacial score (nSPS) is 22.8. The molecule has 112 valence electrons. The number of amides is 1. The Morgan fingerprint density at radius 1 is 1.47 bits per heavy atom. The van der Waals surface area contributed by atoms with Crippen LogP contribution in [0.5, 0.6) is 0 Å². The minimum atomic E-state index is -0.304. The van der Waals surface area contributed by atoms with E-state index in [0.717, 1.165) is 25.8 Å². The molecular weight excluding hydrogens is 244 g/mol. The van der Waals surface area contributed by atoms with Gasteiger partial charge >= 0.3 is 0 Å². The zero-order chi connectivity index (χ0) is 14.1. The molecule has 1 fully saturated rings. The summed E-state index contributed by atoms with van der Waals surface area (Å²) in [6, 6.07) is 0.329. The van der Waals surface area contributed by atoms with Crippen molar-refractivity contribution >= 4 is 5.91 Å². The summed E-state index contributed by atoms with van der Waals surface area (Å²) >= 11 is 0. The molecule has 0 spiro atoms. The quantitative estimate of drug-likeness (QED) is 0.672. The van der Waals surface area contributed by atoms with E-state index in [9.17, 15) is 9.90 Å². The van der Waals surface area contributed by atoms with Crippen molar-refractivity contribution in [2.24, 2.45) is 0 Å². The molecule has 2 atom stereocenters. The predicted molar refractivity (Wildman–Crippen MR) is 75.0 cm³/mol. The van der Waals surface area contributed by atoms with Gasteiger partial charge in [0.25, 0.3) is 0 Å². The van der Waals surface area contributed by atoms with Crippen molar-refractivity contribution in [1.29, 1.82) is 0 Å². The largest absolute Gasteiger partial charge is 0.393 e. The van der Waals surface area contributed by atoms with Gasteiger partial charge in [0.2, 0.25) is 5.91 Å². The van der Waals surface area contributed by atoms with Crippen LogP contribution in [0.15, 0.2) is 0 Å². The van der Waals surface area contributed by atoms with Crippen LogP contribution >= 0.6 is 0 Å². The molecule has 1 heterocycles. The number of hydrogen-bond donors (Lipinski definition) is 2. The molecule has 1 aliphatic heterocycles. The van der Waals surface area contributed by atoms with Gasteiger partial charge in [-0.15, -0.1) is 0 Å². The average Bonchev–Trinajstić information content (AvgIpc) is 2.55. The van der Waals surface area contributed by atoms with Crippen LogP contribution in [0.25, 0.3) is 0 Å². The van der Waals surface area contributed by atoms with Crippen molar-refractivity contribution in [2.45, 2.75) is 51.2 Å². The maximum atomic E-state index is 11.9. The third-order valence-electron chi connectivity index (χ3n) is 3.59. The zero-order valence-corrected chi connectivity index (χ0v) is 12.2. The van der Waals surface area contributed by atoms with Crippen molar-refractivity contribution in [3.05, 3.63) is 0 Å². The Hall–Kier alpha value is -0.650. The maximum absolute atomic E-state index is 11.9. The second kappa shape index (κ2) is 9.28. The molecule has 5 heteroatoms. The molecule has 0 saturated carbocycles. The van der Waals surface area contributed by atoms with E-state index in [1.165, 1.54) is 12.8 Å². The SMILES string of the molecule is COCCNC(=O)CN1CCCCCC1CC(C)O. The lowest BCUT2D eigenvalue weighted by molar-refractivity contribution is -0.123. The van der Waals surface area contributed by atoms with Gasteiger partial charge in [-0.05, 0) is 32.7 Å². The Labute approximate surface area is 116 Å². The van der Waals surface area contributed by atoms with E-state index in [4.69, 9.17) is 4.74 Å². The standard InChI is InChI=1S/C14H28N2O3/c1-12(17)10-13-6-4-3-5-8-16(13)11-14(18)15-7-9-19-2/h12-13,17H,3-11H2,1-2H3,(H,15,18). The van der Waals surface area contributed by atoms with Crippen molar-refractivity contribution in [2.75, 3.05) is 33.4 Å². The Balaban J connectivity index is 2.42. The molecule has 1 aliphatic rings. The Bertz CT molecular complexity index is 259. The summed E-state index contributed by atoms with van der Waals surface area (Å²) in [7, 11) is 1.62. The van der Waals surface area contributed by atoms with Gasteiger partial charge in [-0.3, -0.25) is 9.69 Å². The van der Waals surface area contributed by atoms with Crippen LogP contribution in [0.2, 0.25) is 0 Å². The van der Waals surface area contributed by atoms with E-state index >= 15 is 0 Å². The molecule has 0 aromatic rings. The van der Waals surface area contributed by atoms with Crippen LogP contribution in [0.4, 0.5) is 0 Å². The van der Waals surface area contributed by atoms with Crippen LogP contribution in [-0.4, -0.2) is 61.4 Å². The van der Waals surface area contributed by atoms with Crippen LogP contribution < -0.4 is 5.32 Å². The van der Waals surface area contributed by atoms with Gasteiger partial charge in [0.05, 0.1) is 19.3 Å². The van der Waals surface area contributed by atoms with Crippen LogP contribution in [0.1, 0.15) is 39.0 Å². The fraction of sp³-hybridized carbons (Fsp3) is 0.929. The van der Waals surface area contributed by atoms with E-state index in [1.54, 1.807) is 7.11 Å². The second-order valence-corrected chi connectivity index (χ2v) is 5.40. The predicted octanol–water partition coefficient (Wildman–Crippen LogP) is 0.765. The van der Waals surface area contributed by atoms with E-state index in [2.05, 4.69) is 10.2 Å². The smallest absolute Gasteiger partial charge is 0.234 e. The highest BCUT2D eigenvalue weighted by Gasteiger charge is 2.23. The van der Waals surface area contributed by atoms with E-state index in [0.29, 0.717) is 25.7 Å². The summed E-state index contributed by atoms with van der Waals surface area (Å²) in [6.07, 6.45) is 5.09. The number of nitrogens with one attached hydrogen (secondary N) is 1. The van der Waals surface area contributed by atoms with E-state index in [1.807, 2.05) is 6.92 Å². The van der Waals surface area contributed by atoms with Gasteiger partial charge < -0.3 is 15.2 Å². The number of nitrogens with zero attached hydrogens (tertiary/aromatic N) is 1. The van der Waals surface area contributed by atoms with Crippen molar-refractivity contribution in [3.63, 3.8) is 0 Å². The Morgan fingerprint density at radius 2 is 2.26 bits per heavy atom. The molecule has 2 N–H and O–H groups in total. The summed E-state index contributed by atoms with van der Waals surface area (Å²) < 4.78 is 4.91. The molecule has 19 heavy (non-hydrogen) atoms. The van der Waals surface area contributed by atoms with Crippen LogP contribution in [-0.2, 0) is 9.53 Å². The minimum absolute atomic E-state index is 0.0505. The molecule has 0 bridgehead atoms. The first-order valence-corrected chi connectivity index (χ1v) is 7.31. The highest BCUT2D eigenvalue weighted by atomic mass is 16.5. The molecule has 0 radical (unpaired) electrons. The second-order valence-electron chi connectivity index (χ2n) is 5.40. The summed E-state index contributed by atoms with van der Waals surface area (Å²) in [5.41, 5.74) is 0. The number of aliphatic hydroxyl groups is 1. The highest BCUT2D eigenvalue weighted by molar-refractivity contribution is 5.78. The number of likely N-dealkylation sites (tertiary alicyclic amines) is 1. The van der Waals surface area contributed by atoms with Gasteiger partial charge in [-0.25, -0.2) is 0 Å². The van der Waals surface area contributed by atoms with Gasteiger partial charge in [0.15, 0.2) is 0 Å². The molecule has 1 saturated heterocycles. The van der Waals surface area contributed by atoms with Gasteiger partial charge in [-0.1, -0.05) is 12.8 Å². The Morgan fingerprint density at radius 3 is 2.95 bits per heavy atom. The van der Waals surface area contributed by atoms with Gasteiger partial charge in [0.1, 0.15) is 0 Å². The molecular formula is C14H28N2O3. The van der Waals surface area contributed by atoms with Crippen molar-refractivity contribution in [1.82, 2.24) is 10.2 Å². The lowest BCUT2D eigenvalue weighted by Crippen LogP contribution is -2.44. The number of hydrogen-bond acceptors (Lipinski definition) is 4. The number of ether oxygens (including phenoxy) is 1. The summed E-state index contributed by atoms with van der Waals surface area (Å²) in [5, 5.41) is 12.4. The molecule has 1 amide bonds. The fourth-order valence-electron chi connectivity index (χ4n) is 2.64. The summed E-state index contributed by atoms with van der Waals surface area (Å²) in [5.74, 6) is 0.0505. The first kappa shape index (κ1) is 16.4. The summed E-state index contributed by atoms with van der Waals surface area (Å²) in [6.45, 7) is 4.31. The minimum Gasteiger partial charge on any atom is -0.393 e. The molecule has 0 aliphatic carbocycles. The third kappa shape index (κ3) is 6.89. The maximum Gasteiger partial charge on any atom is 0.234 e. The zero-order valence-electron chi connectivity index (χ0n) is 12.2. The molecule has 0 aromatic carbocycles. The lowest BCUT2D eigenvalue weighted by Gasteiger charge is -2.30. The molecule has 0 aromatic heterocycles. The number of methoxy groups -OCH3 is 1. The third-order valence-corrected chi connectivity index (χ3v) is 3.59. The van der Waals surface area contributed by atoms with Gasteiger partial charge in [-0.2, -0.15) is 0 Å². The monoisotopic (exact) mass is 272 g/mol.